The number of fused-ring (bicyclic) bond motifs is 1. The molecule has 1 aliphatic rings. The number of piperidine rings is 1. The highest BCUT2D eigenvalue weighted by Crippen LogP contribution is 2.27. The lowest BCUT2D eigenvalue weighted by Gasteiger charge is -2.30. The van der Waals surface area contributed by atoms with Crippen LogP contribution in [0.4, 0.5) is 5.82 Å². The van der Waals surface area contributed by atoms with Gasteiger partial charge < -0.3 is 14.9 Å². The van der Waals surface area contributed by atoms with Crippen LogP contribution in [-0.2, 0) is 0 Å². The van der Waals surface area contributed by atoms with Crippen molar-refractivity contribution in [1.82, 2.24) is 19.3 Å². The van der Waals surface area contributed by atoms with E-state index in [1.807, 2.05) is 59.8 Å². The Morgan fingerprint density at radius 2 is 1.83 bits per heavy atom. The molecule has 1 fully saturated rings. The van der Waals surface area contributed by atoms with Gasteiger partial charge in [0.2, 0.25) is 0 Å². The Morgan fingerprint density at radius 1 is 1.14 bits per heavy atom. The van der Waals surface area contributed by atoms with Crippen LogP contribution in [0.15, 0.2) is 42.9 Å². The van der Waals surface area contributed by atoms with Crippen molar-refractivity contribution in [3.05, 3.63) is 48.4 Å². The van der Waals surface area contributed by atoms with Crippen LogP contribution in [0.25, 0.3) is 16.9 Å². The highest BCUT2D eigenvalue weighted by molar-refractivity contribution is 5.94. The number of rotatable bonds is 5. The number of aromatic nitrogens is 3. The fraction of sp³-hybridized carbons (Fsp3) is 0.409. The average Bonchev–Trinajstić information content (AvgIpc) is 3.19. The second kappa shape index (κ2) is 8.21. The zero-order valence-corrected chi connectivity index (χ0v) is 17.0. The minimum atomic E-state index is -0.223. The Hall–Kier alpha value is -2.93. The molecule has 0 spiro atoms. The first-order valence-corrected chi connectivity index (χ1v) is 10.3. The van der Waals surface area contributed by atoms with Crippen molar-refractivity contribution in [3.8, 4) is 11.3 Å². The molecule has 2 aromatic heterocycles. The maximum atomic E-state index is 12.5. The van der Waals surface area contributed by atoms with Crippen LogP contribution in [0.2, 0.25) is 0 Å². The van der Waals surface area contributed by atoms with E-state index in [4.69, 9.17) is 0 Å². The van der Waals surface area contributed by atoms with Crippen molar-refractivity contribution in [2.75, 3.05) is 31.1 Å². The number of benzene rings is 1. The summed E-state index contributed by atoms with van der Waals surface area (Å²) in [6, 6.07) is 7.70. The number of anilines is 1. The smallest absolute Gasteiger partial charge is 0.253 e. The van der Waals surface area contributed by atoms with Crippen molar-refractivity contribution in [3.63, 3.8) is 0 Å². The van der Waals surface area contributed by atoms with E-state index in [-0.39, 0.29) is 12.0 Å². The molecule has 3 heterocycles. The van der Waals surface area contributed by atoms with Crippen molar-refractivity contribution >= 4 is 17.4 Å². The van der Waals surface area contributed by atoms with Gasteiger partial charge in [-0.2, -0.15) is 0 Å². The number of carbonyl (C=O) groups is 1. The van der Waals surface area contributed by atoms with E-state index in [9.17, 15) is 9.90 Å². The molecule has 7 nitrogen and oxygen atoms in total. The van der Waals surface area contributed by atoms with Gasteiger partial charge >= 0.3 is 0 Å². The van der Waals surface area contributed by atoms with Gasteiger partial charge in [-0.1, -0.05) is 12.1 Å². The minimum absolute atomic E-state index is 0.0541. The lowest BCUT2D eigenvalue weighted by atomic mass is 10.1. The monoisotopic (exact) mass is 393 g/mol. The zero-order valence-electron chi connectivity index (χ0n) is 17.0. The molecule has 1 N–H and O–H groups in total. The SMILES string of the molecule is CCN(CC)C(=O)c1ccc(-c2cnc3c(N4CCC(O)CC4)nccn23)cc1. The Morgan fingerprint density at radius 3 is 2.48 bits per heavy atom. The number of nitrogens with zero attached hydrogens (tertiary/aromatic N) is 5. The predicted octanol–water partition coefficient (Wildman–Crippen LogP) is 2.84. The Bertz CT molecular complexity index is 986. The third-order valence-corrected chi connectivity index (χ3v) is 5.65. The molecule has 0 bridgehead atoms. The van der Waals surface area contributed by atoms with Gasteiger partial charge in [0.05, 0.1) is 18.0 Å². The Labute approximate surface area is 170 Å². The molecule has 4 rings (SSSR count). The molecular formula is C22H27N5O2. The van der Waals surface area contributed by atoms with Gasteiger partial charge in [-0.15, -0.1) is 0 Å². The summed E-state index contributed by atoms with van der Waals surface area (Å²) in [5, 5.41) is 9.77. The highest BCUT2D eigenvalue weighted by atomic mass is 16.3. The molecular weight excluding hydrogens is 366 g/mol. The number of aliphatic hydroxyl groups is 1. The second-order valence-corrected chi connectivity index (χ2v) is 7.36. The standard InChI is InChI=1S/C22H27N5O2/c1-3-25(4-2)22(29)17-7-5-16(6-8-17)19-15-24-21-20(23-11-14-27(19)21)26-12-9-18(28)10-13-26/h5-8,11,14-15,18,28H,3-4,9-10,12-13H2,1-2H3. The number of carbonyl (C=O) groups excluding carboxylic acids is 1. The maximum absolute atomic E-state index is 12.5. The largest absolute Gasteiger partial charge is 0.393 e. The van der Waals surface area contributed by atoms with E-state index in [2.05, 4.69) is 14.9 Å². The Kier molecular flexibility index (Phi) is 5.49. The Balaban J connectivity index is 1.63. The van der Waals surface area contributed by atoms with Gasteiger partial charge in [-0.05, 0) is 38.8 Å². The average molecular weight is 393 g/mol. The summed E-state index contributed by atoms with van der Waals surface area (Å²) in [6.45, 7) is 6.93. The summed E-state index contributed by atoms with van der Waals surface area (Å²) >= 11 is 0. The molecule has 0 aliphatic carbocycles. The molecule has 3 aromatic rings. The van der Waals surface area contributed by atoms with Gasteiger partial charge in [-0.3, -0.25) is 9.20 Å². The van der Waals surface area contributed by atoms with E-state index in [0.29, 0.717) is 18.7 Å². The van der Waals surface area contributed by atoms with Crippen LogP contribution in [-0.4, -0.2) is 62.6 Å². The highest BCUT2D eigenvalue weighted by Gasteiger charge is 2.21. The summed E-state index contributed by atoms with van der Waals surface area (Å²) < 4.78 is 2.04. The van der Waals surface area contributed by atoms with Gasteiger partial charge in [-0.25, -0.2) is 9.97 Å². The van der Waals surface area contributed by atoms with E-state index in [1.54, 1.807) is 6.20 Å². The van der Waals surface area contributed by atoms with Crippen molar-refractivity contribution < 1.29 is 9.90 Å². The van der Waals surface area contributed by atoms with Gasteiger partial charge in [0, 0.05) is 49.7 Å². The summed E-state index contributed by atoms with van der Waals surface area (Å²) in [5.41, 5.74) is 3.46. The fourth-order valence-corrected chi connectivity index (χ4v) is 3.90. The van der Waals surface area contributed by atoms with Crippen molar-refractivity contribution in [2.45, 2.75) is 32.8 Å². The van der Waals surface area contributed by atoms with E-state index < -0.39 is 0 Å². The summed E-state index contributed by atoms with van der Waals surface area (Å²) in [4.78, 5) is 25.7. The normalized spacial score (nSPS) is 15.1. The molecule has 1 aliphatic heterocycles. The molecule has 1 amide bonds. The minimum Gasteiger partial charge on any atom is -0.393 e. The van der Waals surface area contributed by atoms with Gasteiger partial charge in [0.1, 0.15) is 0 Å². The molecule has 152 valence electrons. The predicted molar refractivity (Wildman–Crippen MR) is 113 cm³/mol. The number of hydrogen-bond donors (Lipinski definition) is 1. The third-order valence-electron chi connectivity index (χ3n) is 5.65. The molecule has 0 atom stereocenters. The quantitative estimate of drug-likeness (QED) is 0.722. The fourth-order valence-electron chi connectivity index (χ4n) is 3.90. The first-order valence-electron chi connectivity index (χ1n) is 10.3. The third kappa shape index (κ3) is 3.70. The molecule has 1 aromatic carbocycles. The first-order chi connectivity index (χ1) is 14.1. The molecule has 1 saturated heterocycles. The number of amides is 1. The summed E-state index contributed by atoms with van der Waals surface area (Å²) in [7, 11) is 0. The van der Waals surface area contributed by atoms with Crippen molar-refractivity contribution in [2.24, 2.45) is 0 Å². The van der Waals surface area contributed by atoms with Gasteiger partial charge in [0.25, 0.3) is 5.91 Å². The van der Waals surface area contributed by atoms with Crippen LogP contribution in [0.1, 0.15) is 37.0 Å². The number of imidazole rings is 1. The maximum Gasteiger partial charge on any atom is 0.253 e. The molecule has 29 heavy (non-hydrogen) atoms. The van der Waals surface area contributed by atoms with Gasteiger partial charge in [0.15, 0.2) is 11.5 Å². The molecule has 0 saturated carbocycles. The second-order valence-electron chi connectivity index (χ2n) is 7.36. The molecule has 0 radical (unpaired) electrons. The van der Waals surface area contributed by atoms with Crippen LogP contribution in [0, 0.1) is 0 Å². The van der Waals surface area contributed by atoms with Crippen LogP contribution < -0.4 is 4.90 Å². The van der Waals surface area contributed by atoms with Crippen LogP contribution in [0.3, 0.4) is 0 Å². The van der Waals surface area contributed by atoms with Crippen LogP contribution in [0.5, 0.6) is 0 Å². The van der Waals surface area contributed by atoms with Crippen LogP contribution >= 0.6 is 0 Å². The van der Waals surface area contributed by atoms with Crippen molar-refractivity contribution in [1.29, 1.82) is 0 Å². The van der Waals surface area contributed by atoms with E-state index in [1.165, 1.54) is 0 Å². The summed E-state index contributed by atoms with van der Waals surface area (Å²) in [6.07, 6.45) is 6.82. The lowest BCUT2D eigenvalue weighted by Crippen LogP contribution is -2.36. The number of hydrogen-bond acceptors (Lipinski definition) is 5. The molecule has 7 heteroatoms. The number of aliphatic hydroxyl groups excluding tert-OH is 1. The van der Waals surface area contributed by atoms with E-state index in [0.717, 1.165) is 48.7 Å². The zero-order chi connectivity index (χ0) is 20.4. The molecule has 0 unspecified atom stereocenters. The lowest BCUT2D eigenvalue weighted by molar-refractivity contribution is 0.0773. The first kappa shape index (κ1) is 19.4. The topological polar surface area (TPSA) is 74.0 Å². The summed E-state index contributed by atoms with van der Waals surface area (Å²) in [5.74, 6) is 0.900. The van der Waals surface area contributed by atoms with E-state index >= 15 is 0 Å².